The fraction of sp³-hybridized carbons (Fsp3) is 0.0769. The van der Waals surface area contributed by atoms with Gasteiger partial charge in [0.15, 0.2) is 0 Å². The van der Waals surface area contributed by atoms with Crippen LogP contribution in [0.3, 0.4) is 0 Å². The first-order valence-corrected chi connectivity index (χ1v) is 5.20. The summed E-state index contributed by atoms with van der Waals surface area (Å²) in [5, 5.41) is 1.87. The molecule has 16 heavy (non-hydrogen) atoms. The summed E-state index contributed by atoms with van der Waals surface area (Å²) < 4.78 is 0. The van der Waals surface area contributed by atoms with Crippen molar-refractivity contribution in [1.29, 1.82) is 0 Å². The van der Waals surface area contributed by atoms with Gasteiger partial charge in [0.25, 0.3) is 0 Å². The zero-order valence-electron chi connectivity index (χ0n) is 8.72. The first-order chi connectivity index (χ1) is 7.84. The summed E-state index contributed by atoms with van der Waals surface area (Å²) in [5.41, 5.74) is 8.96. The van der Waals surface area contributed by atoms with Crippen molar-refractivity contribution >= 4 is 17.6 Å². The van der Waals surface area contributed by atoms with E-state index in [4.69, 9.17) is 5.73 Å². The topological polar surface area (TPSA) is 51.3 Å². The van der Waals surface area contributed by atoms with E-state index in [2.05, 4.69) is 9.98 Å². The Morgan fingerprint density at radius 3 is 3.19 bits per heavy atom. The molecule has 1 aliphatic heterocycles. The van der Waals surface area contributed by atoms with Crippen molar-refractivity contribution < 1.29 is 0 Å². The Morgan fingerprint density at radius 1 is 1.31 bits per heavy atom. The Bertz CT molecular complexity index is 648. The van der Waals surface area contributed by atoms with Gasteiger partial charge in [-0.05, 0) is 29.9 Å². The van der Waals surface area contributed by atoms with E-state index in [1.807, 2.05) is 30.4 Å². The van der Waals surface area contributed by atoms with Crippen molar-refractivity contribution in [3.8, 4) is 0 Å². The van der Waals surface area contributed by atoms with Crippen LogP contribution >= 0.6 is 0 Å². The summed E-state index contributed by atoms with van der Waals surface area (Å²) in [6, 6.07) is 3.88. The minimum Gasteiger partial charge on any atom is -0.398 e. The number of nitrogens with two attached hydrogens (primary N) is 1. The summed E-state index contributed by atoms with van der Waals surface area (Å²) in [5.74, 6) is 0. The Morgan fingerprint density at radius 2 is 2.25 bits per heavy atom. The van der Waals surface area contributed by atoms with Gasteiger partial charge >= 0.3 is 0 Å². The highest BCUT2D eigenvalue weighted by Crippen LogP contribution is 2.17. The predicted molar refractivity (Wildman–Crippen MR) is 64.8 cm³/mol. The highest BCUT2D eigenvalue weighted by Gasteiger charge is 2.09. The first-order valence-electron chi connectivity index (χ1n) is 5.20. The third kappa shape index (κ3) is 1.37. The van der Waals surface area contributed by atoms with E-state index in [-0.39, 0.29) is 0 Å². The van der Waals surface area contributed by atoms with E-state index in [9.17, 15) is 0 Å². The van der Waals surface area contributed by atoms with E-state index < -0.39 is 0 Å². The Kier molecular flexibility index (Phi) is 1.96. The highest BCUT2D eigenvalue weighted by atomic mass is 14.8. The number of hydrogen-bond donors (Lipinski definition) is 1. The second-order valence-electron chi connectivity index (χ2n) is 3.83. The summed E-state index contributed by atoms with van der Waals surface area (Å²) in [7, 11) is 0. The number of fused-ring (bicyclic) bond motifs is 3. The van der Waals surface area contributed by atoms with Gasteiger partial charge < -0.3 is 5.73 Å². The van der Waals surface area contributed by atoms with Crippen LogP contribution in [-0.4, -0.2) is 11.2 Å². The van der Waals surface area contributed by atoms with Gasteiger partial charge in [-0.25, -0.2) is 0 Å². The lowest BCUT2D eigenvalue weighted by molar-refractivity contribution is 1.15. The average Bonchev–Trinajstić information content (AvgIpc) is 2.61. The van der Waals surface area contributed by atoms with Crippen LogP contribution in [0.4, 0.5) is 0 Å². The van der Waals surface area contributed by atoms with Crippen molar-refractivity contribution in [3.63, 3.8) is 0 Å². The van der Waals surface area contributed by atoms with E-state index >= 15 is 0 Å². The van der Waals surface area contributed by atoms with Gasteiger partial charge in [-0.2, -0.15) is 0 Å². The number of nitrogens with zero attached hydrogens (tertiary/aromatic N) is 2. The zero-order valence-corrected chi connectivity index (χ0v) is 8.72. The minimum atomic E-state index is 0.759. The number of allylic oxidation sites excluding steroid dienone is 2. The lowest BCUT2D eigenvalue weighted by Gasteiger charge is -1.97. The molecule has 2 aliphatic rings. The smallest absolute Gasteiger partial charge is 0.0940 e. The van der Waals surface area contributed by atoms with Crippen molar-refractivity contribution in [3.05, 3.63) is 52.7 Å². The molecule has 3 heteroatoms. The lowest BCUT2D eigenvalue weighted by Crippen LogP contribution is -2.32. The molecule has 0 saturated carbocycles. The second kappa shape index (κ2) is 3.45. The van der Waals surface area contributed by atoms with Crippen molar-refractivity contribution in [2.45, 2.75) is 6.42 Å². The van der Waals surface area contributed by atoms with E-state index in [0.717, 1.165) is 28.4 Å². The summed E-state index contributed by atoms with van der Waals surface area (Å²) in [4.78, 5) is 8.79. The van der Waals surface area contributed by atoms with Crippen LogP contribution in [0.15, 0.2) is 47.1 Å². The summed E-state index contributed by atoms with van der Waals surface area (Å²) >= 11 is 0. The maximum atomic E-state index is 6.05. The van der Waals surface area contributed by atoms with Crippen LogP contribution in [0, 0.1) is 0 Å². The molecule has 2 heterocycles. The van der Waals surface area contributed by atoms with Crippen molar-refractivity contribution in [1.82, 2.24) is 4.98 Å². The SMILES string of the molecule is NC1=c2cccnc2=C2CC(=C1)C=CC=N2. The summed E-state index contributed by atoms with van der Waals surface area (Å²) in [6.07, 6.45) is 10.3. The molecule has 78 valence electrons. The molecule has 0 atom stereocenters. The highest BCUT2D eigenvalue weighted by molar-refractivity contribution is 5.80. The standard InChI is InChI=1S/C13H11N3/c14-11-7-9-3-1-5-15-12(8-9)13-10(11)4-2-6-16-13/h1-7H,8,14H2. The lowest BCUT2D eigenvalue weighted by atomic mass is 10.1. The van der Waals surface area contributed by atoms with Crippen LogP contribution < -0.4 is 16.3 Å². The number of rotatable bonds is 0. The Balaban J connectivity index is 2.50. The number of hydrogen-bond acceptors (Lipinski definition) is 3. The molecule has 2 bridgehead atoms. The maximum Gasteiger partial charge on any atom is 0.0940 e. The third-order valence-corrected chi connectivity index (χ3v) is 2.73. The molecule has 3 nitrogen and oxygen atoms in total. The number of pyridine rings is 1. The normalized spacial score (nSPS) is 17.6. The fourth-order valence-corrected chi connectivity index (χ4v) is 1.99. The van der Waals surface area contributed by atoms with Gasteiger partial charge in [0.05, 0.1) is 11.0 Å². The predicted octanol–water partition coefficient (Wildman–Crippen LogP) is 0.227. The second-order valence-corrected chi connectivity index (χ2v) is 3.83. The van der Waals surface area contributed by atoms with Gasteiger partial charge in [-0.3, -0.25) is 9.98 Å². The third-order valence-electron chi connectivity index (χ3n) is 2.73. The maximum absolute atomic E-state index is 6.05. The fourth-order valence-electron chi connectivity index (χ4n) is 1.99. The number of aromatic nitrogens is 1. The van der Waals surface area contributed by atoms with E-state index in [1.54, 1.807) is 12.4 Å². The van der Waals surface area contributed by atoms with Crippen LogP contribution in [0.2, 0.25) is 0 Å². The monoisotopic (exact) mass is 209 g/mol. The van der Waals surface area contributed by atoms with Crippen LogP contribution in [-0.2, 0) is 0 Å². The van der Waals surface area contributed by atoms with Crippen molar-refractivity contribution in [2.24, 2.45) is 10.7 Å². The molecule has 0 radical (unpaired) electrons. The van der Waals surface area contributed by atoms with Crippen LogP contribution in [0.5, 0.6) is 0 Å². The molecule has 0 amide bonds. The average molecular weight is 209 g/mol. The quantitative estimate of drug-likeness (QED) is 0.665. The largest absolute Gasteiger partial charge is 0.398 e. The van der Waals surface area contributed by atoms with Gasteiger partial charge in [-0.15, -0.1) is 0 Å². The number of aliphatic imine (C=N–C) groups is 1. The van der Waals surface area contributed by atoms with Crippen molar-refractivity contribution in [2.75, 3.05) is 0 Å². The minimum absolute atomic E-state index is 0.759. The molecule has 0 saturated heterocycles. The first kappa shape index (κ1) is 9.09. The van der Waals surface area contributed by atoms with Gasteiger partial charge in [0, 0.05) is 29.7 Å². The molecule has 0 fully saturated rings. The van der Waals surface area contributed by atoms with E-state index in [0.29, 0.717) is 0 Å². The van der Waals surface area contributed by atoms with Gasteiger partial charge in [-0.1, -0.05) is 6.08 Å². The van der Waals surface area contributed by atoms with Gasteiger partial charge in [0.2, 0.25) is 0 Å². The Labute approximate surface area is 93.0 Å². The molecule has 1 aliphatic carbocycles. The van der Waals surface area contributed by atoms with Crippen LogP contribution in [0.1, 0.15) is 6.42 Å². The Hall–Kier alpha value is -2.16. The van der Waals surface area contributed by atoms with Crippen LogP contribution in [0.25, 0.3) is 11.4 Å². The van der Waals surface area contributed by atoms with Gasteiger partial charge in [0.1, 0.15) is 0 Å². The molecule has 3 rings (SSSR count). The summed E-state index contributed by atoms with van der Waals surface area (Å²) in [6.45, 7) is 0. The zero-order chi connectivity index (χ0) is 11.0. The molecule has 0 unspecified atom stereocenters. The molecule has 2 N–H and O–H groups in total. The molecule has 0 spiro atoms. The molecular formula is C13H11N3. The molecular weight excluding hydrogens is 198 g/mol. The van der Waals surface area contributed by atoms with E-state index in [1.165, 1.54) is 5.57 Å². The molecule has 1 aromatic heterocycles. The molecule has 0 aromatic carbocycles. The molecule has 1 aromatic rings.